The predicted molar refractivity (Wildman–Crippen MR) is 99.4 cm³/mol. The maximum atomic E-state index is 14.4. The fraction of sp³-hybridized carbons (Fsp3) is 0.0526. The first-order valence-electron chi connectivity index (χ1n) is 7.91. The summed E-state index contributed by atoms with van der Waals surface area (Å²) >= 11 is 0. The average molecular weight is 379 g/mol. The molecule has 0 atom stereocenters. The number of phenols is 1. The molecule has 1 aromatic heterocycles. The fourth-order valence-electron chi connectivity index (χ4n) is 2.73. The Morgan fingerprint density at radius 1 is 1.18 bits per heavy atom. The highest BCUT2D eigenvalue weighted by Gasteiger charge is 2.20. The maximum Gasteiger partial charge on any atom is 0.337 e. The van der Waals surface area contributed by atoms with E-state index < -0.39 is 11.8 Å². The second-order valence-electron chi connectivity index (χ2n) is 5.69. The number of halogens is 1. The van der Waals surface area contributed by atoms with E-state index >= 15 is 0 Å². The van der Waals surface area contributed by atoms with Crippen molar-refractivity contribution < 1.29 is 19.0 Å². The molecule has 0 saturated carbocycles. The summed E-state index contributed by atoms with van der Waals surface area (Å²) < 4.78 is 19.1. The number of carbonyl (C=O) groups is 1. The maximum absolute atomic E-state index is 14.4. The van der Waals surface area contributed by atoms with Gasteiger partial charge in [0.05, 0.1) is 18.4 Å². The predicted octanol–water partition coefficient (Wildman–Crippen LogP) is 2.48. The molecule has 0 unspecified atom stereocenters. The fourth-order valence-corrected chi connectivity index (χ4v) is 2.73. The normalized spacial score (nSPS) is 10.3. The molecule has 0 amide bonds. The Balaban J connectivity index is 2.25. The summed E-state index contributed by atoms with van der Waals surface area (Å²) in [5, 5.41) is 20.1. The molecule has 0 saturated heterocycles. The summed E-state index contributed by atoms with van der Waals surface area (Å²) in [6.07, 6.45) is 0. The lowest BCUT2D eigenvalue weighted by molar-refractivity contribution is 0.0600. The average Bonchev–Trinajstić information content (AvgIpc) is 2.67. The number of hydrogen-bond acceptors (Lipinski definition) is 8. The lowest BCUT2D eigenvalue weighted by Crippen LogP contribution is -2.05. The van der Waals surface area contributed by atoms with Crippen molar-refractivity contribution in [2.24, 2.45) is 0 Å². The van der Waals surface area contributed by atoms with Crippen molar-refractivity contribution >= 4 is 17.7 Å². The smallest absolute Gasteiger partial charge is 0.337 e. The Bertz CT molecular complexity index is 1140. The molecule has 0 aliphatic carbocycles. The van der Waals surface area contributed by atoms with E-state index in [1.54, 1.807) is 0 Å². The van der Waals surface area contributed by atoms with Gasteiger partial charge in [0.15, 0.2) is 0 Å². The van der Waals surface area contributed by atoms with Crippen LogP contribution in [0.15, 0.2) is 36.4 Å². The Morgan fingerprint density at radius 2 is 1.89 bits per heavy atom. The van der Waals surface area contributed by atoms with Crippen LogP contribution in [0.25, 0.3) is 22.4 Å². The van der Waals surface area contributed by atoms with E-state index in [4.69, 9.17) is 11.5 Å². The van der Waals surface area contributed by atoms with Gasteiger partial charge in [-0.15, -0.1) is 0 Å². The van der Waals surface area contributed by atoms with Gasteiger partial charge in [0.25, 0.3) is 0 Å². The summed E-state index contributed by atoms with van der Waals surface area (Å²) in [6, 6.07) is 9.95. The van der Waals surface area contributed by atoms with E-state index in [0.29, 0.717) is 0 Å². The first-order valence-corrected chi connectivity index (χ1v) is 7.91. The van der Waals surface area contributed by atoms with Crippen molar-refractivity contribution in [1.82, 2.24) is 9.97 Å². The van der Waals surface area contributed by atoms with E-state index in [-0.39, 0.29) is 51.0 Å². The van der Waals surface area contributed by atoms with Crippen molar-refractivity contribution in [2.45, 2.75) is 0 Å². The standard InChI is InChI=1S/C19H14FN5O3/c1-28-18(27)9-5-6-14(20)12(7-9)10-3-2-4-11(16(10)26)15-13(8-21)17(22)25-19(23)24-15/h2-7,26H,1H3,(H4,22,23,24,25). The van der Waals surface area contributed by atoms with Crippen LogP contribution in [0.2, 0.25) is 0 Å². The Hall–Kier alpha value is -4.19. The van der Waals surface area contributed by atoms with E-state index in [0.717, 1.165) is 6.07 Å². The number of carbonyl (C=O) groups excluding carboxylic acids is 1. The lowest BCUT2D eigenvalue weighted by Gasteiger charge is -2.13. The van der Waals surface area contributed by atoms with Gasteiger partial charge in [0.1, 0.15) is 29.0 Å². The molecule has 9 heteroatoms. The second kappa shape index (κ2) is 7.20. The highest BCUT2D eigenvalue weighted by Crippen LogP contribution is 2.40. The van der Waals surface area contributed by atoms with Crippen molar-refractivity contribution in [3.63, 3.8) is 0 Å². The number of nitrogens with zero attached hydrogens (tertiary/aromatic N) is 3. The number of aromatic hydroxyl groups is 1. The molecule has 5 N–H and O–H groups in total. The number of phenolic OH excluding ortho intramolecular Hbond substituents is 1. The summed E-state index contributed by atoms with van der Waals surface area (Å²) in [5.41, 5.74) is 11.5. The monoisotopic (exact) mass is 379 g/mol. The van der Waals surface area contributed by atoms with E-state index in [2.05, 4.69) is 14.7 Å². The first kappa shape index (κ1) is 18.6. The van der Waals surface area contributed by atoms with Gasteiger partial charge in [-0.1, -0.05) is 12.1 Å². The largest absolute Gasteiger partial charge is 0.507 e. The number of nitrogens with two attached hydrogens (primary N) is 2. The molecule has 3 aromatic rings. The van der Waals surface area contributed by atoms with Crippen LogP contribution < -0.4 is 11.5 Å². The Labute approximate surface area is 158 Å². The van der Waals surface area contributed by atoms with Crippen molar-refractivity contribution in [2.75, 3.05) is 18.6 Å². The molecule has 0 aliphatic heterocycles. The van der Waals surface area contributed by atoms with Gasteiger partial charge in [0.2, 0.25) is 5.95 Å². The summed E-state index contributed by atoms with van der Waals surface area (Å²) in [6.45, 7) is 0. The van der Waals surface area contributed by atoms with Crippen LogP contribution in [0.5, 0.6) is 5.75 Å². The van der Waals surface area contributed by atoms with Crippen LogP contribution in [0.1, 0.15) is 15.9 Å². The third-order valence-electron chi connectivity index (χ3n) is 4.03. The van der Waals surface area contributed by atoms with Crippen LogP contribution in [0.3, 0.4) is 0 Å². The molecule has 0 radical (unpaired) electrons. The quantitative estimate of drug-likeness (QED) is 0.588. The Morgan fingerprint density at radius 3 is 2.57 bits per heavy atom. The van der Waals surface area contributed by atoms with Crippen molar-refractivity contribution in [1.29, 1.82) is 5.26 Å². The lowest BCUT2D eigenvalue weighted by atomic mass is 9.96. The number of benzene rings is 2. The summed E-state index contributed by atoms with van der Waals surface area (Å²) in [7, 11) is 1.21. The number of aromatic nitrogens is 2. The number of nitriles is 1. The zero-order valence-corrected chi connectivity index (χ0v) is 14.6. The van der Waals surface area contributed by atoms with Crippen LogP contribution in [-0.4, -0.2) is 28.2 Å². The molecule has 0 spiro atoms. The molecule has 0 bridgehead atoms. The number of esters is 1. The van der Waals surface area contributed by atoms with E-state index in [1.807, 2.05) is 6.07 Å². The molecule has 0 aliphatic rings. The highest BCUT2D eigenvalue weighted by atomic mass is 19.1. The van der Waals surface area contributed by atoms with Crippen LogP contribution >= 0.6 is 0 Å². The zero-order chi connectivity index (χ0) is 20.4. The SMILES string of the molecule is COC(=O)c1ccc(F)c(-c2cccc(-c3nc(N)nc(N)c3C#N)c2O)c1. The summed E-state index contributed by atoms with van der Waals surface area (Å²) in [5.74, 6) is -2.01. The van der Waals surface area contributed by atoms with E-state index in [1.165, 1.54) is 37.4 Å². The highest BCUT2D eigenvalue weighted by molar-refractivity contribution is 5.92. The van der Waals surface area contributed by atoms with Crippen LogP contribution in [0.4, 0.5) is 16.2 Å². The number of anilines is 2. The third kappa shape index (κ3) is 3.14. The first-order chi connectivity index (χ1) is 13.4. The molecule has 0 fully saturated rings. The van der Waals surface area contributed by atoms with Gasteiger partial charge >= 0.3 is 5.97 Å². The summed E-state index contributed by atoms with van der Waals surface area (Å²) in [4.78, 5) is 19.5. The number of methoxy groups -OCH3 is 1. The third-order valence-corrected chi connectivity index (χ3v) is 4.03. The number of nitrogen functional groups attached to an aromatic ring is 2. The minimum Gasteiger partial charge on any atom is -0.507 e. The minimum absolute atomic E-state index is 0.0105. The topological polar surface area (TPSA) is 148 Å². The number of para-hydroxylation sites is 1. The molecule has 3 rings (SSSR count). The van der Waals surface area contributed by atoms with Crippen molar-refractivity contribution in [3.8, 4) is 34.2 Å². The minimum atomic E-state index is -0.665. The Kier molecular flexibility index (Phi) is 4.78. The van der Waals surface area contributed by atoms with Crippen LogP contribution in [-0.2, 0) is 4.74 Å². The number of ether oxygens (including phenoxy) is 1. The second-order valence-corrected chi connectivity index (χ2v) is 5.69. The van der Waals surface area contributed by atoms with Gasteiger partial charge in [-0.3, -0.25) is 0 Å². The molecule has 28 heavy (non-hydrogen) atoms. The van der Waals surface area contributed by atoms with Gasteiger partial charge in [-0.2, -0.15) is 10.2 Å². The molecular formula is C19H14FN5O3. The molecule has 8 nitrogen and oxygen atoms in total. The zero-order valence-electron chi connectivity index (χ0n) is 14.6. The molecule has 1 heterocycles. The van der Waals surface area contributed by atoms with E-state index in [9.17, 15) is 19.6 Å². The molecule has 140 valence electrons. The van der Waals surface area contributed by atoms with Gasteiger partial charge < -0.3 is 21.3 Å². The molecular weight excluding hydrogens is 365 g/mol. The van der Waals surface area contributed by atoms with Gasteiger partial charge in [-0.25, -0.2) is 14.2 Å². The van der Waals surface area contributed by atoms with Gasteiger partial charge in [-0.05, 0) is 24.3 Å². The van der Waals surface area contributed by atoms with Crippen LogP contribution in [0, 0.1) is 17.1 Å². The molecule has 2 aromatic carbocycles. The van der Waals surface area contributed by atoms with Gasteiger partial charge in [0, 0.05) is 16.7 Å². The number of rotatable bonds is 3. The number of hydrogen-bond donors (Lipinski definition) is 3. The van der Waals surface area contributed by atoms with Crippen molar-refractivity contribution in [3.05, 3.63) is 53.3 Å².